The van der Waals surface area contributed by atoms with Crippen LogP contribution in [-0.2, 0) is 9.84 Å². The van der Waals surface area contributed by atoms with E-state index >= 15 is 0 Å². The fourth-order valence-corrected chi connectivity index (χ4v) is 8.15. The predicted molar refractivity (Wildman–Crippen MR) is 99.4 cm³/mol. The van der Waals surface area contributed by atoms with E-state index in [4.69, 9.17) is 0 Å². The Kier molecular flexibility index (Phi) is 6.53. The number of sulfone groups is 1. The molecule has 132 valence electrons. The van der Waals surface area contributed by atoms with Crippen molar-refractivity contribution in [2.45, 2.75) is 99.4 Å². The first-order chi connectivity index (χ1) is 11.0. The summed E-state index contributed by atoms with van der Waals surface area (Å²) < 4.78 is 26.3. The lowest BCUT2D eigenvalue weighted by Gasteiger charge is -2.32. The van der Waals surface area contributed by atoms with Gasteiger partial charge in [0.2, 0.25) is 0 Å². The Labute approximate surface area is 143 Å². The molecule has 0 aromatic heterocycles. The summed E-state index contributed by atoms with van der Waals surface area (Å²) in [5, 5.41) is 0. The molecular formula is C20H34O2S. The molecule has 0 aromatic rings. The van der Waals surface area contributed by atoms with E-state index in [0.717, 1.165) is 89.9 Å². The first-order valence-corrected chi connectivity index (χ1v) is 11.0. The largest absolute Gasteiger partial charge is 0.228 e. The van der Waals surface area contributed by atoms with Crippen molar-refractivity contribution in [3.63, 3.8) is 0 Å². The maximum Gasteiger partial charge on any atom is 0.161 e. The van der Waals surface area contributed by atoms with E-state index in [-0.39, 0.29) is 0 Å². The smallest absolute Gasteiger partial charge is 0.161 e. The Morgan fingerprint density at radius 2 is 1.17 bits per heavy atom. The first-order valence-electron chi connectivity index (χ1n) is 9.50. The Hall–Kier alpha value is -0.570. The molecule has 2 nitrogen and oxygen atoms in total. The van der Waals surface area contributed by atoms with E-state index in [0.29, 0.717) is 0 Å². The van der Waals surface area contributed by atoms with Gasteiger partial charge in [-0.2, -0.15) is 0 Å². The van der Waals surface area contributed by atoms with Crippen LogP contribution in [-0.4, -0.2) is 17.9 Å². The van der Waals surface area contributed by atoms with E-state index < -0.39 is 19.3 Å². The molecule has 23 heavy (non-hydrogen) atoms. The molecule has 2 rings (SSSR count). The molecule has 2 bridgehead atoms. The number of hydrogen-bond acceptors (Lipinski definition) is 2. The molecule has 2 aliphatic heterocycles. The normalized spacial score (nSPS) is 32.3. The SMILES string of the molecule is C=CCCCCC12CCCCC(CCCCC=C)(CC1)S2(=O)=O. The van der Waals surface area contributed by atoms with Gasteiger partial charge in [-0.15, -0.1) is 13.2 Å². The molecule has 0 saturated carbocycles. The van der Waals surface area contributed by atoms with Crippen LogP contribution in [0.1, 0.15) is 89.9 Å². The van der Waals surface area contributed by atoms with E-state index in [1.165, 1.54) is 0 Å². The Bertz CT molecular complexity index is 468. The van der Waals surface area contributed by atoms with Crippen molar-refractivity contribution in [2.75, 3.05) is 0 Å². The molecule has 0 aliphatic carbocycles. The minimum Gasteiger partial charge on any atom is -0.228 e. The minimum absolute atomic E-state index is 0.400. The van der Waals surface area contributed by atoms with Crippen LogP contribution in [0.3, 0.4) is 0 Å². The highest BCUT2D eigenvalue weighted by Gasteiger charge is 2.61. The topological polar surface area (TPSA) is 34.1 Å². The van der Waals surface area contributed by atoms with Crippen molar-refractivity contribution >= 4 is 9.84 Å². The van der Waals surface area contributed by atoms with E-state index in [9.17, 15) is 8.42 Å². The maximum absolute atomic E-state index is 13.5. The lowest BCUT2D eigenvalue weighted by Crippen LogP contribution is -2.43. The van der Waals surface area contributed by atoms with Gasteiger partial charge in [0.15, 0.2) is 9.84 Å². The average molecular weight is 339 g/mol. The number of rotatable bonds is 10. The van der Waals surface area contributed by atoms with Gasteiger partial charge in [-0.05, 0) is 64.2 Å². The van der Waals surface area contributed by atoms with E-state index in [1.807, 2.05) is 12.2 Å². The van der Waals surface area contributed by atoms with Crippen LogP contribution in [0.5, 0.6) is 0 Å². The summed E-state index contributed by atoms with van der Waals surface area (Å²) in [6.07, 6.45) is 17.6. The van der Waals surface area contributed by atoms with Gasteiger partial charge in [-0.25, -0.2) is 8.42 Å². The van der Waals surface area contributed by atoms with Crippen LogP contribution in [0.15, 0.2) is 25.3 Å². The molecule has 0 amide bonds. The van der Waals surface area contributed by atoms with Crippen LogP contribution in [0.2, 0.25) is 0 Å². The second-order valence-corrected chi connectivity index (χ2v) is 10.4. The van der Waals surface area contributed by atoms with Crippen molar-refractivity contribution < 1.29 is 8.42 Å². The summed E-state index contributed by atoms with van der Waals surface area (Å²) >= 11 is 0. The molecule has 0 spiro atoms. The lowest BCUT2D eigenvalue weighted by molar-refractivity contribution is 0.370. The van der Waals surface area contributed by atoms with Gasteiger partial charge in [0.1, 0.15) is 0 Å². The molecule has 2 fully saturated rings. The van der Waals surface area contributed by atoms with Gasteiger partial charge < -0.3 is 0 Å². The Balaban J connectivity index is 2.11. The molecule has 2 heterocycles. The van der Waals surface area contributed by atoms with Gasteiger partial charge in [-0.1, -0.05) is 37.8 Å². The van der Waals surface area contributed by atoms with Gasteiger partial charge in [0, 0.05) is 0 Å². The van der Waals surface area contributed by atoms with Gasteiger partial charge in [-0.3, -0.25) is 0 Å². The number of hydrogen-bond donors (Lipinski definition) is 0. The molecular weight excluding hydrogens is 304 g/mol. The van der Waals surface area contributed by atoms with Crippen molar-refractivity contribution in [1.29, 1.82) is 0 Å². The zero-order valence-electron chi connectivity index (χ0n) is 14.7. The summed E-state index contributed by atoms with van der Waals surface area (Å²) in [6.45, 7) is 7.54. The molecule has 2 atom stereocenters. The summed E-state index contributed by atoms with van der Waals surface area (Å²) in [4.78, 5) is 0. The fourth-order valence-electron chi connectivity index (χ4n) is 4.84. The van der Waals surface area contributed by atoms with Crippen LogP contribution < -0.4 is 0 Å². The highest BCUT2D eigenvalue weighted by Crippen LogP contribution is 2.56. The number of allylic oxidation sites excluding steroid dienone is 2. The zero-order valence-corrected chi connectivity index (χ0v) is 15.5. The lowest BCUT2D eigenvalue weighted by atomic mass is 9.81. The molecule has 0 N–H and O–H groups in total. The molecule has 2 unspecified atom stereocenters. The van der Waals surface area contributed by atoms with Crippen LogP contribution in [0.25, 0.3) is 0 Å². The molecule has 2 saturated heterocycles. The third-order valence-corrected chi connectivity index (χ3v) is 9.78. The third kappa shape index (κ3) is 3.60. The average Bonchev–Trinajstić information content (AvgIpc) is 2.65. The molecule has 0 radical (unpaired) electrons. The maximum atomic E-state index is 13.5. The molecule has 3 heteroatoms. The third-order valence-electron chi connectivity index (χ3n) is 6.27. The van der Waals surface area contributed by atoms with Crippen LogP contribution in [0.4, 0.5) is 0 Å². The van der Waals surface area contributed by atoms with Crippen LogP contribution in [0, 0.1) is 0 Å². The monoisotopic (exact) mass is 338 g/mol. The van der Waals surface area contributed by atoms with Gasteiger partial charge >= 0.3 is 0 Å². The quantitative estimate of drug-likeness (QED) is 0.376. The van der Waals surface area contributed by atoms with Gasteiger partial charge in [0.05, 0.1) is 9.49 Å². The van der Waals surface area contributed by atoms with E-state index in [1.54, 1.807) is 0 Å². The fraction of sp³-hybridized carbons (Fsp3) is 0.800. The molecule has 0 aromatic carbocycles. The minimum atomic E-state index is -3.01. The number of fused-ring (bicyclic) bond motifs is 2. The predicted octanol–water partition coefficient (Wildman–Crippen LogP) is 5.74. The highest BCUT2D eigenvalue weighted by atomic mass is 32.2. The first kappa shape index (κ1) is 18.8. The second-order valence-electron chi connectivity index (χ2n) is 7.65. The summed E-state index contributed by atoms with van der Waals surface area (Å²) in [6, 6.07) is 0. The van der Waals surface area contributed by atoms with Crippen molar-refractivity contribution in [2.24, 2.45) is 0 Å². The van der Waals surface area contributed by atoms with E-state index in [2.05, 4.69) is 13.2 Å². The van der Waals surface area contributed by atoms with Gasteiger partial charge in [0.25, 0.3) is 0 Å². The summed E-state index contributed by atoms with van der Waals surface area (Å²) in [5.74, 6) is 0. The Morgan fingerprint density at radius 1 is 0.739 bits per heavy atom. The second kappa shape index (κ2) is 8.00. The zero-order chi connectivity index (χ0) is 16.8. The summed E-state index contributed by atoms with van der Waals surface area (Å²) in [7, 11) is -3.01. The van der Waals surface area contributed by atoms with Crippen molar-refractivity contribution in [3.05, 3.63) is 25.3 Å². The van der Waals surface area contributed by atoms with Crippen molar-refractivity contribution in [1.82, 2.24) is 0 Å². The molecule has 2 aliphatic rings. The van der Waals surface area contributed by atoms with Crippen LogP contribution >= 0.6 is 0 Å². The standard InChI is InChI=1S/C20H34O2S/c1-3-5-7-9-13-19-15-11-12-16-20(18-17-19,23(19,21)22)14-10-8-6-4-2/h3-4H,1-2,5-18H2. The number of unbranched alkanes of at least 4 members (excludes halogenated alkanes) is 4. The Morgan fingerprint density at radius 3 is 1.57 bits per heavy atom. The highest BCUT2D eigenvalue weighted by molar-refractivity contribution is 7.94. The van der Waals surface area contributed by atoms with Crippen molar-refractivity contribution in [3.8, 4) is 0 Å². The summed E-state index contributed by atoms with van der Waals surface area (Å²) in [5.41, 5.74) is 0.